The average Bonchev–Trinajstić information content (AvgIpc) is 3.20. The standard InChI is InChI=1S/C25H22FN3O4/c1-32-18-9-15(8-17(26)13-18)16-11-20-19-10-14(25(31)29-4-6-33-7-5-29)2-3-22(19)28-23(20)21(12-16)24(27)30/h2-3,8-13,28H,4-7H2,1H3,(H2,27,30). The number of nitrogens with zero attached hydrogens (tertiary/aromatic N) is 1. The lowest BCUT2D eigenvalue weighted by atomic mass is 9.98. The molecule has 3 aromatic carbocycles. The molecule has 0 radical (unpaired) electrons. The van der Waals surface area contributed by atoms with Crippen molar-refractivity contribution in [1.29, 1.82) is 0 Å². The topological polar surface area (TPSA) is 97.7 Å². The summed E-state index contributed by atoms with van der Waals surface area (Å²) in [6, 6.07) is 13.2. The number of aromatic nitrogens is 1. The first kappa shape index (κ1) is 21.0. The summed E-state index contributed by atoms with van der Waals surface area (Å²) in [4.78, 5) is 30.3. The summed E-state index contributed by atoms with van der Waals surface area (Å²) in [6.45, 7) is 2.12. The molecule has 0 unspecified atom stereocenters. The number of morpholine rings is 1. The number of primary amides is 1. The Labute approximate surface area is 188 Å². The van der Waals surface area contributed by atoms with Gasteiger partial charge in [-0.05, 0) is 53.6 Å². The second-order valence-electron chi connectivity index (χ2n) is 7.98. The minimum absolute atomic E-state index is 0.0734. The predicted molar refractivity (Wildman–Crippen MR) is 123 cm³/mol. The zero-order valence-corrected chi connectivity index (χ0v) is 18.0. The molecular formula is C25H22FN3O4. The molecular weight excluding hydrogens is 425 g/mol. The number of hydrogen-bond donors (Lipinski definition) is 2. The third-order valence-corrected chi connectivity index (χ3v) is 5.96. The van der Waals surface area contributed by atoms with Crippen LogP contribution in [0.25, 0.3) is 32.9 Å². The maximum absolute atomic E-state index is 14.2. The number of rotatable bonds is 4. The van der Waals surface area contributed by atoms with E-state index in [1.165, 1.54) is 19.2 Å². The fraction of sp³-hybridized carbons (Fsp3) is 0.200. The van der Waals surface area contributed by atoms with Crippen LogP contribution in [0.1, 0.15) is 20.7 Å². The number of benzene rings is 3. The molecule has 1 aromatic heterocycles. The van der Waals surface area contributed by atoms with E-state index >= 15 is 0 Å². The molecule has 4 aromatic rings. The highest BCUT2D eigenvalue weighted by atomic mass is 19.1. The van der Waals surface area contributed by atoms with Crippen molar-refractivity contribution in [2.75, 3.05) is 33.4 Å². The van der Waals surface area contributed by atoms with E-state index in [4.69, 9.17) is 15.2 Å². The highest BCUT2D eigenvalue weighted by Gasteiger charge is 2.21. The number of amides is 2. The quantitative estimate of drug-likeness (QED) is 0.498. The van der Waals surface area contributed by atoms with Gasteiger partial charge in [-0.15, -0.1) is 0 Å². The van der Waals surface area contributed by atoms with Gasteiger partial charge in [0.2, 0.25) is 0 Å². The normalized spacial score (nSPS) is 14.1. The van der Waals surface area contributed by atoms with E-state index in [-0.39, 0.29) is 11.5 Å². The summed E-state index contributed by atoms with van der Waals surface area (Å²) >= 11 is 0. The van der Waals surface area contributed by atoms with Gasteiger partial charge in [-0.25, -0.2) is 4.39 Å². The van der Waals surface area contributed by atoms with Gasteiger partial charge in [-0.2, -0.15) is 0 Å². The third kappa shape index (κ3) is 3.78. The van der Waals surface area contributed by atoms with E-state index in [1.807, 2.05) is 18.2 Å². The molecule has 2 heterocycles. The number of carbonyl (C=O) groups is 2. The SMILES string of the molecule is COc1cc(F)cc(-c2cc(C(N)=O)c3[nH]c4ccc(C(=O)N5CCOCC5)cc4c3c2)c1. The maximum Gasteiger partial charge on any atom is 0.254 e. The monoisotopic (exact) mass is 447 g/mol. The van der Waals surface area contributed by atoms with Gasteiger partial charge in [0.15, 0.2) is 0 Å². The van der Waals surface area contributed by atoms with E-state index in [1.54, 1.807) is 23.1 Å². The summed E-state index contributed by atoms with van der Waals surface area (Å²) in [5.74, 6) is -0.775. The highest BCUT2D eigenvalue weighted by molar-refractivity contribution is 6.17. The van der Waals surface area contributed by atoms with Gasteiger partial charge in [-0.3, -0.25) is 9.59 Å². The molecule has 5 rings (SSSR count). The smallest absolute Gasteiger partial charge is 0.254 e. The first-order chi connectivity index (χ1) is 15.9. The van der Waals surface area contributed by atoms with Crippen LogP contribution in [-0.2, 0) is 4.74 Å². The number of nitrogens with one attached hydrogen (secondary N) is 1. The molecule has 33 heavy (non-hydrogen) atoms. The van der Waals surface area contributed by atoms with Crippen molar-refractivity contribution in [3.63, 3.8) is 0 Å². The molecule has 0 aliphatic carbocycles. The Morgan fingerprint density at radius 2 is 1.79 bits per heavy atom. The number of H-pyrrole nitrogens is 1. The van der Waals surface area contributed by atoms with E-state index in [9.17, 15) is 14.0 Å². The van der Waals surface area contributed by atoms with Gasteiger partial charge >= 0.3 is 0 Å². The summed E-state index contributed by atoms with van der Waals surface area (Å²) in [7, 11) is 1.46. The molecule has 0 atom stereocenters. The van der Waals surface area contributed by atoms with Crippen LogP contribution in [0.2, 0.25) is 0 Å². The highest BCUT2D eigenvalue weighted by Crippen LogP contribution is 2.35. The Kier molecular flexibility index (Phi) is 5.22. The second kappa shape index (κ2) is 8.22. The van der Waals surface area contributed by atoms with Crippen molar-refractivity contribution >= 4 is 33.6 Å². The van der Waals surface area contributed by atoms with Gasteiger partial charge < -0.3 is 25.1 Å². The lowest BCUT2D eigenvalue weighted by Crippen LogP contribution is -2.40. The van der Waals surface area contributed by atoms with Gasteiger partial charge in [0.05, 0.1) is 31.4 Å². The van der Waals surface area contributed by atoms with Crippen LogP contribution in [0, 0.1) is 5.82 Å². The van der Waals surface area contributed by atoms with E-state index in [2.05, 4.69) is 4.98 Å². The molecule has 3 N–H and O–H groups in total. The zero-order valence-electron chi connectivity index (χ0n) is 18.0. The molecule has 2 amide bonds. The second-order valence-corrected chi connectivity index (χ2v) is 7.98. The minimum Gasteiger partial charge on any atom is -0.497 e. The number of carbonyl (C=O) groups excluding carboxylic acids is 2. The van der Waals surface area contributed by atoms with Gasteiger partial charge in [0.25, 0.3) is 11.8 Å². The van der Waals surface area contributed by atoms with Crippen molar-refractivity contribution in [2.24, 2.45) is 5.73 Å². The summed E-state index contributed by atoms with van der Waals surface area (Å²) in [5.41, 5.74) is 9.00. The van der Waals surface area contributed by atoms with Gasteiger partial charge in [-0.1, -0.05) is 0 Å². The summed E-state index contributed by atoms with van der Waals surface area (Å²) in [6.07, 6.45) is 0. The fourth-order valence-corrected chi connectivity index (χ4v) is 4.29. The number of nitrogens with two attached hydrogens (primary N) is 1. The lowest BCUT2D eigenvalue weighted by Gasteiger charge is -2.26. The van der Waals surface area contributed by atoms with Crippen LogP contribution in [-0.4, -0.2) is 55.1 Å². The zero-order chi connectivity index (χ0) is 23.1. The van der Waals surface area contributed by atoms with Gasteiger partial charge in [0, 0.05) is 41.0 Å². The molecule has 1 saturated heterocycles. The van der Waals surface area contributed by atoms with E-state index in [0.29, 0.717) is 54.3 Å². The lowest BCUT2D eigenvalue weighted by molar-refractivity contribution is 0.0303. The number of halogens is 1. The number of fused-ring (bicyclic) bond motifs is 3. The summed E-state index contributed by atoms with van der Waals surface area (Å²) in [5, 5.41) is 1.49. The van der Waals surface area contributed by atoms with Crippen molar-refractivity contribution in [1.82, 2.24) is 9.88 Å². The maximum atomic E-state index is 14.2. The molecule has 0 saturated carbocycles. The van der Waals surface area contributed by atoms with Crippen LogP contribution in [0.4, 0.5) is 4.39 Å². The number of methoxy groups -OCH3 is 1. The average molecular weight is 447 g/mol. The van der Waals surface area contributed by atoms with Crippen LogP contribution in [0.5, 0.6) is 5.75 Å². The molecule has 0 bridgehead atoms. The number of hydrogen-bond acceptors (Lipinski definition) is 4. The Balaban J connectivity index is 1.69. The number of aromatic amines is 1. The Bertz CT molecular complexity index is 1410. The molecule has 0 spiro atoms. The van der Waals surface area contributed by atoms with E-state index in [0.717, 1.165) is 16.3 Å². The molecule has 1 aliphatic rings. The minimum atomic E-state index is -0.610. The van der Waals surface area contributed by atoms with Crippen LogP contribution < -0.4 is 10.5 Å². The predicted octanol–water partition coefficient (Wildman–Crippen LogP) is 3.71. The Hall–Kier alpha value is -3.91. The van der Waals surface area contributed by atoms with Crippen LogP contribution >= 0.6 is 0 Å². The van der Waals surface area contributed by atoms with Crippen molar-refractivity contribution in [2.45, 2.75) is 0 Å². The summed E-state index contributed by atoms with van der Waals surface area (Å²) < 4.78 is 24.7. The molecule has 7 nitrogen and oxygen atoms in total. The van der Waals surface area contributed by atoms with E-state index < -0.39 is 11.7 Å². The first-order valence-corrected chi connectivity index (χ1v) is 10.6. The first-order valence-electron chi connectivity index (χ1n) is 10.6. The molecule has 1 fully saturated rings. The third-order valence-electron chi connectivity index (χ3n) is 5.96. The Morgan fingerprint density at radius 1 is 1.03 bits per heavy atom. The van der Waals surface area contributed by atoms with Crippen LogP contribution in [0.15, 0.2) is 48.5 Å². The molecule has 168 valence electrons. The fourth-order valence-electron chi connectivity index (χ4n) is 4.29. The van der Waals surface area contributed by atoms with Crippen molar-refractivity contribution in [3.05, 3.63) is 65.5 Å². The molecule has 1 aliphatic heterocycles. The van der Waals surface area contributed by atoms with Gasteiger partial charge in [0.1, 0.15) is 11.6 Å². The molecule has 8 heteroatoms. The Morgan fingerprint density at radius 3 is 2.52 bits per heavy atom. The number of ether oxygens (including phenoxy) is 2. The van der Waals surface area contributed by atoms with Crippen LogP contribution in [0.3, 0.4) is 0 Å². The van der Waals surface area contributed by atoms with Crippen molar-refractivity contribution in [3.8, 4) is 16.9 Å². The largest absolute Gasteiger partial charge is 0.497 e. The van der Waals surface area contributed by atoms with Crippen molar-refractivity contribution < 1.29 is 23.5 Å².